The van der Waals surface area contributed by atoms with E-state index in [4.69, 9.17) is 5.11 Å². The van der Waals surface area contributed by atoms with Gasteiger partial charge in [-0.3, -0.25) is 0 Å². The quantitative estimate of drug-likeness (QED) is 0.615. The van der Waals surface area contributed by atoms with Crippen molar-refractivity contribution < 1.29 is 18.7 Å². The standard InChI is InChI=1S/C20H18F2O2/c1-13(2)18(11-12-19(23)24)20(14-3-7-16(21)8-4-14)15-5-9-17(22)10-6-15/h3-13H,1-2H3,(H,23,24). The van der Waals surface area contributed by atoms with Crippen LogP contribution in [0.25, 0.3) is 5.57 Å². The predicted molar refractivity (Wildman–Crippen MR) is 90.4 cm³/mol. The maximum Gasteiger partial charge on any atom is 0.328 e. The first-order valence-corrected chi connectivity index (χ1v) is 7.55. The smallest absolute Gasteiger partial charge is 0.328 e. The minimum Gasteiger partial charge on any atom is -0.478 e. The summed E-state index contributed by atoms with van der Waals surface area (Å²) in [5.41, 5.74) is 3.00. The second-order valence-corrected chi connectivity index (χ2v) is 5.67. The van der Waals surface area contributed by atoms with Gasteiger partial charge < -0.3 is 5.11 Å². The highest BCUT2D eigenvalue weighted by Gasteiger charge is 2.14. The first kappa shape index (κ1) is 17.6. The normalized spacial score (nSPS) is 11.0. The van der Waals surface area contributed by atoms with Gasteiger partial charge in [-0.1, -0.05) is 44.2 Å². The molecule has 0 atom stereocenters. The number of aliphatic carboxylic acids is 1. The summed E-state index contributed by atoms with van der Waals surface area (Å²) in [6, 6.07) is 11.9. The lowest BCUT2D eigenvalue weighted by atomic mass is 9.87. The Hall–Kier alpha value is -2.75. The number of hydrogen-bond acceptors (Lipinski definition) is 1. The summed E-state index contributed by atoms with van der Waals surface area (Å²) >= 11 is 0. The third kappa shape index (κ3) is 4.38. The third-order valence-electron chi connectivity index (χ3n) is 3.58. The van der Waals surface area contributed by atoms with Crippen molar-refractivity contribution >= 4 is 11.5 Å². The Morgan fingerprint density at radius 1 is 0.875 bits per heavy atom. The van der Waals surface area contributed by atoms with Crippen LogP contribution in [0.3, 0.4) is 0 Å². The zero-order chi connectivity index (χ0) is 17.7. The van der Waals surface area contributed by atoms with Crippen molar-refractivity contribution in [2.75, 3.05) is 0 Å². The van der Waals surface area contributed by atoms with Gasteiger partial charge in [-0.2, -0.15) is 0 Å². The fourth-order valence-corrected chi connectivity index (χ4v) is 2.46. The van der Waals surface area contributed by atoms with Crippen LogP contribution in [0.4, 0.5) is 8.78 Å². The number of carboxylic acids is 1. The van der Waals surface area contributed by atoms with Gasteiger partial charge in [0.15, 0.2) is 0 Å². The van der Waals surface area contributed by atoms with Crippen LogP contribution in [0, 0.1) is 17.6 Å². The first-order chi connectivity index (χ1) is 11.4. The Bertz CT molecular complexity index is 723. The van der Waals surface area contributed by atoms with E-state index in [1.54, 1.807) is 24.3 Å². The Morgan fingerprint density at radius 2 is 1.29 bits per heavy atom. The molecule has 124 valence electrons. The van der Waals surface area contributed by atoms with Gasteiger partial charge in [0.2, 0.25) is 0 Å². The molecule has 2 aromatic carbocycles. The fraction of sp³-hybridized carbons (Fsp3) is 0.150. The van der Waals surface area contributed by atoms with Crippen molar-refractivity contribution in [1.82, 2.24) is 0 Å². The molecule has 0 radical (unpaired) electrons. The lowest BCUT2D eigenvalue weighted by molar-refractivity contribution is -0.131. The molecule has 0 saturated heterocycles. The monoisotopic (exact) mass is 328 g/mol. The molecule has 0 fully saturated rings. The van der Waals surface area contributed by atoms with Crippen LogP contribution >= 0.6 is 0 Å². The van der Waals surface area contributed by atoms with Crippen molar-refractivity contribution in [2.24, 2.45) is 5.92 Å². The highest BCUT2D eigenvalue weighted by molar-refractivity contribution is 5.86. The zero-order valence-corrected chi connectivity index (χ0v) is 13.5. The number of benzene rings is 2. The molecular weight excluding hydrogens is 310 g/mol. The Labute approximate surface area is 139 Å². The number of rotatable bonds is 5. The van der Waals surface area contributed by atoms with Gasteiger partial charge in [-0.15, -0.1) is 0 Å². The molecule has 0 heterocycles. The molecule has 2 nitrogen and oxygen atoms in total. The number of hydrogen-bond donors (Lipinski definition) is 1. The molecule has 0 aromatic heterocycles. The van der Waals surface area contributed by atoms with Gasteiger partial charge in [0.05, 0.1) is 0 Å². The van der Waals surface area contributed by atoms with Crippen molar-refractivity contribution in [3.63, 3.8) is 0 Å². The molecule has 0 saturated carbocycles. The number of carbonyl (C=O) groups is 1. The van der Waals surface area contributed by atoms with Crippen LogP contribution in [0.1, 0.15) is 25.0 Å². The molecule has 2 rings (SSSR count). The fourth-order valence-electron chi connectivity index (χ4n) is 2.46. The molecule has 0 aliphatic carbocycles. The summed E-state index contributed by atoms with van der Waals surface area (Å²) in [7, 11) is 0. The van der Waals surface area contributed by atoms with Gasteiger partial charge in [-0.05, 0) is 52.5 Å². The van der Waals surface area contributed by atoms with Gasteiger partial charge >= 0.3 is 5.97 Å². The molecule has 4 heteroatoms. The van der Waals surface area contributed by atoms with E-state index in [-0.39, 0.29) is 17.6 Å². The third-order valence-corrected chi connectivity index (χ3v) is 3.58. The molecule has 0 aliphatic rings. The molecule has 0 amide bonds. The van der Waals surface area contributed by atoms with Crippen molar-refractivity contribution in [3.05, 3.63) is 89.0 Å². The van der Waals surface area contributed by atoms with Crippen molar-refractivity contribution in [3.8, 4) is 0 Å². The molecule has 2 aromatic rings. The van der Waals surface area contributed by atoms with Gasteiger partial charge in [-0.25, -0.2) is 13.6 Å². The summed E-state index contributed by atoms with van der Waals surface area (Å²) in [5, 5.41) is 8.93. The van der Waals surface area contributed by atoms with E-state index in [2.05, 4.69) is 0 Å². The largest absolute Gasteiger partial charge is 0.478 e. The zero-order valence-electron chi connectivity index (χ0n) is 13.5. The topological polar surface area (TPSA) is 37.3 Å². The lowest BCUT2D eigenvalue weighted by Gasteiger charge is -2.17. The minimum absolute atomic E-state index is 0.0192. The van der Waals surface area contributed by atoms with Crippen LogP contribution in [-0.2, 0) is 4.79 Å². The lowest BCUT2D eigenvalue weighted by Crippen LogP contribution is -2.01. The van der Waals surface area contributed by atoms with E-state index in [0.717, 1.165) is 28.3 Å². The Kier molecular flexibility index (Phi) is 5.64. The molecule has 24 heavy (non-hydrogen) atoms. The van der Waals surface area contributed by atoms with Crippen molar-refractivity contribution in [1.29, 1.82) is 0 Å². The van der Waals surface area contributed by atoms with E-state index in [9.17, 15) is 13.6 Å². The summed E-state index contributed by atoms with van der Waals surface area (Å²) in [6.45, 7) is 3.88. The molecule has 0 aliphatic heterocycles. The van der Waals surface area contributed by atoms with E-state index >= 15 is 0 Å². The second-order valence-electron chi connectivity index (χ2n) is 5.67. The maximum atomic E-state index is 13.3. The molecule has 0 bridgehead atoms. The summed E-state index contributed by atoms with van der Waals surface area (Å²) in [6.07, 6.45) is 2.61. The minimum atomic E-state index is -1.05. The summed E-state index contributed by atoms with van der Waals surface area (Å²) in [4.78, 5) is 10.9. The van der Waals surface area contributed by atoms with E-state index in [1.807, 2.05) is 13.8 Å². The molecule has 0 unspecified atom stereocenters. The van der Waals surface area contributed by atoms with E-state index in [0.29, 0.717) is 0 Å². The van der Waals surface area contributed by atoms with Crippen LogP contribution in [-0.4, -0.2) is 11.1 Å². The summed E-state index contributed by atoms with van der Waals surface area (Å²) in [5.74, 6) is -1.75. The second kappa shape index (κ2) is 7.68. The highest BCUT2D eigenvalue weighted by atomic mass is 19.1. The van der Waals surface area contributed by atoms with Crippen LogP contribution in [0.5, 0.6) is 0 Å². The van der Waals surface area contributed by atoms with Gasteiger partial charge in [0, 0.05) is 6.08 Å². The summed E-state index contributed by atoms with van der Waals surface area (Å²) < 4.78 is 26.5. The molecular formula is C20H18F2O2. The SMILES string of the molecule is CC(C)C(C=CC(=O)O)=C(c1ccc(F)cc1)c1ccc(F)cc1. The maximum absolute atomic E-state index is 13.3. The van der Waals surface area contributed by atoms with Gasteiger partial charge in [0.25, 0.3) is 0 Å². The Balaban J connectivity index is 2.71. The number of allylic oxidation sites excluding steroid dienone is 2. The number of halogens is 2. The van der Waals surface area contributed by atoms with Crippen LogP contribution in [0.15, 0.2) is 66.3 Å². The first-order valence-electron chi connectivity index (χ1n) is 7.55. The average Bonchev–Trinajstić information content (AvgIpc) is 2.53. The Morgan fingerprint density at radius 3 is 1.62 bits per heavy atom. The number of carboxylic acid groups (broad SMARTS) is 1. The van der Waals surface area contributed by atoms with E-state index in [1.165, 1.54) is 30.3 Å². The average molecular weight is 328 g/mol. The highest BCUT2D eigenvalue weighted by Crippen LogP contribution is 2.31. The van der Waals surface area contributed by atoms with Crippen LogP contribution in [0.2, 0.25) is 0 Å². The molecule has 0 spiro atoms. The van der Waals surface area contributed by atoms with Crippen LogP contribution < -0.4 is 0 Å². The van der Waals surface area contributed by atoms with E-state index < -0.39 is 5.97 Å². The molecule has 1 N–H and O–H groups in total. The van der Waals surface area contributed by atoms with Crippen molar-refractivity contribution in [2.45, 2.75) is 13.8 Å². The predicted octanol–water partition coefficient (Wildman–Crippen LogP) is 5.06. The van der Waals surface area contributed by atoms with Gasteiger partial charge in [0.1, 0.15) is 11.6 Å².